The molecule has 0 saturated heterocycles. The molecule has 3 nitrogen and oxygen atoms in total. The molecule has 1 rings (SSSR count). The number of nitrogens with zero attached hydrogens (tertiary/aromatic N) is 2. The summed E-state index contributed by atoms with van der Waals surface area (Å²) in [5, 5.41) is 0. The molecule has 0 fully saturated rings. The Labute approximate surface area is 98.2 Å². The summed E-state index contributed by atoms with van der Waals surface area (Å²) in [4.78, 5) is 4.35. The Morgan fingerprint density at radius 2 is 2.36 bits per heavy atom. The van der Waals surface area contributed by atoms with Gasteiger partial charge in [0, 0.05) is 17.9 Å². The Hall–Kier alpha value is 0.220. The smallest absolute Gasteiger partial charge is 0.170 e. The molecule has 1 heterocycles. The van der Waals surface area contributed by atoms with E-state index in [-0.39, 0.29) is 0 Å². The van der Waals surface area contributed by atoms with Gasteiger partial charge in [0.05, 0.1) is 13.2 Å². The zero-order valence-corrected chi connectivity index (χ0v) is 10.6. The van der Waals surface area contributed by atoms with Crippen molar-refractivity contribution < 1.29 is 4.74 Å². The Morgan fingerprint density at radius 3 is 3.00 bits per heavy atom. The topological polar surface area (TPSA) is 35.0 Å². The third-order valence-electron chi connectivity index (χ3n) is 1.45. The predicted octanol–water partition coefficient (Wildman–Crippen LogP) is 2.14. The number of aryl methyl sites for hydroxylation is 1. The Balaban J connectivity index is 2.12. The quantitative estimate of drug-likeness (QED) is 0.457. The van der Waals surface area contributed by atoms with Gasteiger partial charge in [0.25, 0.3) is 0 Å². The molecule has 80 valence electrons. The molecule has 0 spiro atoms. The summed E-state index contributed by atoms with van der Waals surface area (Å²) in [5.74, 6) is 2.66. The lowest BCUT2D eigenvalue weighted by molar-refractivity contribution is 0.167. The van der Waals surface area contributed by atoms with Gasteiger partial charge in [-0.15, -0.1) is 0 Å². The number of thioether (sulfide) groups is 1. The molecule has 1 aromatic heterocycles. The summed E-state index contributed by atoms with van der Waals surface area (Å²) in [6, 6.07) is 0. The minimum absolute atomic E-state index is 0.722. The van der Waals surface area contributed by atoms with Crippen LogP contribution in [-0.4, -0.2) is 34.1 Å². The lowest BCUT2D eigenvalue weighted by Gasteiger charge is -1.99. The number of hydrogen-bond donors (Lipinski definition) is 1. The van der Waals surface area contributed by atoms with Gasteiger partial charge in [-0.25, -0.2) is 4.98 Å². The molecule has 0 aliphatic rings. The second kappa shape index (κ2) is 7.50. The van der Waals surface area contributed by atoms with Crippen molar-refractivity contribution in [3.8, 4) is 0 Å². The highest BCUT2D eigenvalue weighted by atomic mass is 32.2. The van der Waals surface area contributed by atoms with Crippen LogP contribution in [0.15, 0.2) is 4.34 Å². The van der Waals surface area contributed by atoms with Crippen LogP contribution in [0.2, 0.25) is 0 Å². The van der Waals surface area contributed by atoms with Crippen molar-refractivity contribution in [3.63, 3.8) is 0 Å². The van der Waals surface area contributed by atoms with Crippen LogP contribution in [0.1, 0.15) is 12.7 Å². The van der Waals surface area contributed by atoms with E-state index in [0.29, 0.717) is 0 Å². The van der Waals surface area contributed by atoms with Gasteiger partial charge >= 0.3 is 0 Å². The average molecular weight is 250 g/mol. The molecular formula is C8H14N2OS3. The molecule has 0 unspecified atom stereocenters. The van der Waals surface area contributed by atoms with E-state index in [0.717, 1.165) is 41.3 Å². The van der Waals surface area contributed by atoms with Gasteiger partial charge in [0.15, 0.2) is 4.34 Å². The molecule has 0 bridgehead atoms. The molecule has 0 radical (unpaired) electrons. The second-order valence-corrected chi connectivity index (χ2v) is 5.06. The molecule has 0 saturated carbocycles. The zero-order chi connectivity index (χ0) is 10.2. The maximum atomic E-state index is 5.30. The number of hydrogen-bond acceptors (Lipinski definition) is 6. The summed E-state index contributed by atoms with van der Waals surface area (Å²) < 4.78 is 10.5. The second-order valence-electron chi connectivity index (χ2n) is 2.51. The highest BCUT2D eigenvalue weighted by Crippen LogP contribution is 2.19. The third kappa shape index (κ3) is 4.63. The van der Waals surface area contributed by atoms with Crippen molar-refractivity contribution in [3.05, 3.63) is 5.82 Å². The van der Waals surface area contributed by atoms with Crippen LogP contribution in [0, 0.1) is 0 Å². The van der Waals surface area contributed by atoms with E-state index in [1.54, 1.807) is 11.8 Å². The van der Waals surface area contributed by atoms with Gasteiger partial charge in [-0.2, -0.15) is 17.0 Å². The minimum atomic E-state index is 0.722. The van der Waals surface area contributed by atoms with Crippen molar-refractivity contribution >= 4 is 35.9 Å². The van der Waals surface area contributed by atoms with Crippen LogP contribution in [0.5, 0.6) is 0 Å². The van der Waals surface area contributed by atoms with Crippen molar-refractivity contribution in [1.82, 2.24) is 9.36 Å². The largest absolute Gasteiger partial charge is 0.380 e. The third-order valence-corrected chi connectivity index (χ3v) is 3.47. The first-order valence-electron chi connectivity index (χ1n) is 4.50. The number of aromatic nitrogens is 2. The summed E-state index contributed by atoms with van der Waals surface area (Å²) in [5.41, 5.74) is 0. The SMILES string of the molecule is CCc1nsc(SCCOCCS)n1. The Kier molecular flexibility index (Phi) is 6.59. The molecule has 14 heavy (non-hydrogen) atoms. The number of rotatable bonds is 7. The van der Waals surface area contributed by atoms with E-state index >= 15 is 0 Å². The van der Waals surface area contributed by atoms with E-state index in [1.807, 2.05) is 0 Å². The first-order chi connectivity index (χ1) is 6.86. The van der Waals surface area contributed by atoms with Crippen molar-refractivity contribution in [2.45, 2.75) is 17.7 Å². The van der Waals surface area contributed by atoms with Gasteiger partial charge in [0.1, 0.15) is 5.82 Å². The average Bonchev–Trinajstić information content (AvgIpc) is 2.65. The number of thiol groups is 1. The summed E-state index contributed by atoms with van der Waals surface area (Å²) in [6.45, 7) is 3.54. The van der Waals surface area contributed by atoms with E-state index < -0.39 is 0 Å². The van der Waals surface area contributed by atoms with Crippen molar-refractivity contribution in [2.24, 2.45) is 0 Å². The minimum Gasteiger partial charge on any atom is -0.380 e. The summed E-state index contributed by atoms with van der Waals surface area (Å²) in [7, 11) is 0. The fourth-order valence-corrected chi connectivity index (χ4v) is 2.54. The van der Waals surface area contributed by atoms with Crippen molar-refractivity contribution in [2.75, 3.05) is 24.7 Å². The molecule has 6 heteroatoms. The lowest BCUT2D eigenvalue weighted by Crippen LogP contribution is -1.99. The predicted molar refractivity (Wildman–Crippen MR) is 64.7 cm³/mol. The van der Waals surface area contributed by atoms with E-state index in [2.05, 4.69) is 28.9 Å². The molecule has 0 aliphatic carbocycles. The molecule has 0 amide bonds. The highest BCUT2D eigenvalue weighted by Gasteiger charge is 2.01. The van der Waals surface area contributed by atoms with Gasteiger partial charge in [-0.05, 0) is 11.5 Å². The summed E-state index contributed by atoms with van der Waals surface area (Å²) >= 11 is 7.23. The van der Waals surface area contributed by atoms with E-state index in [4.69, 9.17) is 4.74 Å². The highest BCUT2D eigenvalue weighted by molar-refractivity contribution is 8.00. The van der Waals surface area contributed by atoms with Gasteiger partial charge < -0.3 is 4.74 Å². The van der Waals surface area contributed by atoms with E-state index in [9.17, 15) is 0 Å². The normalized spacial score (nSPS) is 10.7. The van der Waals surface area contributed by atoms with Crippen molar-refractivity contribution in [1.29, 1.82) is 0 Å². The first-order valence-corrected chi connectivity index (χ1v) is 6.90. The van der Waals surface area contributed by atoms with E-state index in [1.165, 1.54) is 11.5 Å². The molecule has 0 N–H and O–H groups in total. The first kappa shape index (κ1) is 12.3. The molecule has 0 aromatic carbocycles. The molecule has 0 aliphatic heterocycles. The Bertz CT molecular complexity index is 254. The standard InChI is InChI=1S/C8H14N2OS3/c1-2-7-9-8(14-10-7)13-6-4-11-3-5-12/h12H,2-6H2,1H3. The van der Waals surface area contributed by atoms with Crippen LogP contribution in [0.4, 0.5) is 0 Å². The lowest BCUT2D eigenvalue weighted by atomic mass is 10.5. The number of ether oxygens (including phenoxy) is 1. The van der Waals surface area contributed by atoms with Gasteiger partial charge in [-0.3, -0.25) is 0 Å². The van der Waals surface area contributed by atoms with Crippen LogP contribution >= 0.6 is 35.9 Å². The maximum Gasteiger partial charge on any atom is 0.170 e. The summed E-state index contributed by atoms with van der Waals surface area (Å²) in [6.07, 6.45) is 0.910. The van der Waals surface area contributed by atoms with Gasteiger partial charge in [0.2, 0.25) is 0 Å². The Morgan fingerprint density at radius 1 is 1.50 bits per heavy atom. The molecule has 1 aromatic rings. The fourth-order valence-electron chi connectivity index (χ4n) is 0.795. The molecular weight excluding hydrogens is 236 g/mol. The molecule has 0 atom stereocenters. The van der Waals surface area contributed by atoms with Crippen LogP contribution in [0.3, 0.4) is 0 Å². The maximum absolute atomic E-state index is 5.30. The fraction of sp³-hybridized carbons (Fsp3) is 0.750. The van der Waals surface area contributed by atoms with Crippen LogP contribution < -0.4 is 0 Å². The van der Waals surface area contributed by atoms with Crippen LogP contribution in [0.25, 0.3) is 0 Å². The zero-order valence-electron chi connectivity index (χ0n) is 8.10. The van der Waals surface area contributed by atoms with Gasteiger partial charge in [-0.1, -0.05) is 18.7 Å². The monoisotopic (exact) mass is 250 g/mol. The van der Waals surface area contributed by atoms with Crippen LogP contribution in [-0.2, 0) is 11.2 Å².